The van der Waals surface area contributed by atoms with Crippen LogP contribution in [0.5, 0.6) is 0 Å². The molecule has 0 aliphatic carbocycles. The first-order valence-corrected chi connectivity index (χ1v) is 5.72. The van der Waals surface area contributed by atoms with Crippen molar-refractivity contribution in [3.8, 4) is 0 Å². The Morgan fingerprint density at radius 1 is 1.24 bits per heavy atom. The lowest BCUT2D eigenvalue weighted by Crippen LogP contribution is -2.11. The Morgan fingerprint density at radius 2 is 2.00 bits per heavy atom. The molecule has 2 aromatic rings. The summed E-state index contributed by atoms with van der Waals surface area (Å²) in [5.74, 6) is -0.209. The summed E-state index contributed by atoms with van der Waals surface area (Å²) in [7, 11) is 0. The smallest absolute Gasteiger partial charge is 0.185 e. The number of hydrogen-bond donors (Lipinski definition) is 0. The third kappa shape index (κ3) is 2.60. The van der Waals surface area contributed by atoms with E-state index in [4.69, 9.17) is 34.8 Å². The first kappa shape index (κ1) is 12.4. The van der Waals surface area contributed by atoms with Crippen molar-refractivity contribution in [3.63, 3.8) is 0 Å². The first-order chi connectivity index (χ1) is 8.09. The summed E-state index contributed by atoms with van der Waals surface area (Å²) < 4.78 is 1.40. The maximum atomic E-state index is 11.9. The van der Waals surface area contributed by atoms with E-state index >= 15 is 0 Å². The standard InChI is InChI=1S/C10H6Cl3N3O/c11-7-2-1-6(9(12)10(7)13)8(17)3-16-5-14-4-15-16/h1-2,4-5H,3H2. The van der Waals surface area contributed by atoms with E-state index in [0.717, 1.165) is 0 Å². The van der Waals surface area contributed by atoms with Crippen molar-refractivity contribution in [2.45, 2.75) is 6.54 Å². The molecule has 17 heavy (non-hydrogen) atoms. The zero-order chi connectivity index (χ0) is 12.4. The second kappa shape index (κ2) is 5.04. The maximum Gasteiger partial charge on any atom is 0.185 e. The fourth-order valence-electron chi connectivity index (χ4n) is 1.29. The zero-order valence-electron chi connectivity index (χ0n) is 8.40. The number of halogens is 3. The number of benzene rings is 1. The minimum absolute atomic E-state index is 0.0533. The van der Waals surface area contributed by atoms with E-state index in [-0.39, 0.29) is 22.4 Å². The Bertz CT molecular complexity index is 554. The quantitative estimate of drug-likeness (QED) is 0.644. The van der Waals surface area contributed by atoms with Gasteiger partial charge >= 0.3 is 0 Å². The molecule has 0 aliphatic rings. The maximum absolute atomic E-state index is 11.9. The molecule has 0 N–H and O–H groups in total. The molecule has 0 amide bonds. The van der Waals surface area contributed by atoms with Gasteiger partial charge in [-0.1, -0.05) is 34.8 Å². The Hall–Kier alpha value is -1.10. The van der Waals surface area contributed by atoms with Gasteiger partial charge in [0.05, 0.1) is 15.1 Å². The van der Waals surface area contributed by atoms with Gasteiger partial charge in [-0.25, -0.2) is 9.67 Å². The highest BCUT2D eigenvalue weighted by Gasteiger charge is 2.15. The summed E-state index contributed by atoms with van der Waals surface area (Å²) in [6.07, 6.45) is 2.80. The van der Waals surface area contributed by atoms with Crippen LogP contribution in [0.25, 0.3) is 0 Å². The van der Waals surface area contributed by atoms with E-state index in [2.05, 4.69) is 10.1 Å². The Kier molecular flexibility index (Phi) is 3.66. The van der Waals surface area contributed by atoms with Crippen molar-refractivity contribution < 1.29 is 4.79 Å². The first-order valence-electron chi connectivity index (χ1n) is 4.58. The highest BCUT2D eigenvalue weighted by Crippen LogP contribution is 2.32. The summed E-state index contributed by atoms with van der Waals surface area (Å²) in [6.45, 7) is 0.0533. The Balaban J connectivity index is 2.29. The van der Waals surface area contributed by atoms with Gasteiger partial charge in [-0.05, 0) is 12.1 Å². The van der Waals surface area contributed by atoms with E-state index < -0.39 is 0 Å². The van der Waals surface area contributed by atoms with E-state index in [1.807, 2.05) is 0 Å². The van der Waals surface area contributed by atoms with E-state index in [1.165, 1.54) is 29.5 Å². The van der Waals surface area contributed by atoms with Crippen molar-refractivity contribution in [2.75, 3.05) is 0 Å². The number of hydrogen-bond acceptors (Lipinski definition) is 3. The third-order valence-electron chi connectivity index (χ3n) is 2.11. The van der Waals surface area contributed by atoms with Crippen LogP contribution in [0.3, 0.4) is 0 Å². The normalized spacial score (nSPS) is 10.5. The van der Waals surface area contributed by atoms with Gasteiger partial charge in [0, 0.05) is 5.56 Å². The summed E-state index contributed by atoms with van der Waals surface area (Å²) in [5, 5.41) is 4.48. The van der Waals surface area contributed by atoms with Crippen LogP contribution in [0.4, 0.5) is 0 Å². The molecule has 1 heterocycles. The molecule has 2 rings (SSSR count). The fourth-order valence-corrected chi connectivity index (χ4v) is 1.93. The highest BCUT2D eigenvalue weighted by atomic mass is 35.5. The molecule has 0 unspecified atom stereocenters. The van der Waals surface area contributed by atoms with Crippen LogP contribution in [-0.4, -0.2) is 20.5 Å². The molecule has 1 aromatic heterocycles. The average molecular weight is 291 g/mol. The van der Waals surface area contributed by atoms with Gasteiger partial charge in [0.2, 0.25) is 0 Å². The molecular weight excluding hydrogens is 284 g/mol. The van der Waals surface area contributed by atoms with Gasteiger partial charge in [0.1, 0.15) is 19.2 Å². The topological polar surface area (TPSA) is 47.8 Å². The summed E-state index contributed by atoms with van der Waals surface area (Å²) in [6, 6.07) is 3.07. The van der Waals surface area contributed by atoms with Gasteiger partial charge in [-0.2, -0.15) is 5.10 Å². The van der Waals surface area contributed by atoms with Crippen LogP contribution >= 0.6 is 34.8 Å². The zero-order valence-corrected chi connectivity index (χ0v) is 10.7. The van der Waals surface area contributed by atoms with Gasteiger partial charge < -0.3 is 0 Å². The van der Waals surface area contributed by atoms with E-state index in [1.54, 1.807) is 0 Å². The molecule has 0 aliphatic heterocycles. The summed E-state index contributed by atoms with van der Waals surface area (Å²) >= 11 is 17.6. The van der Waals surface area contributed by atoms with Crippen molar-refractivity contribution in [3.05, 3.63) is 45.4 Å². The van der Waals surface area contributed by atoms with Gasteiger partial charge in [0.25, 0.3) is 0 Å². The Labute approximate surface area is 112 Å². The molecule has 0 atom stereocenters. The molecule has 0 saturated carbocycles. The number of carbonyl (C=O) groups is 1. The van der Waals surface area contributed by atoms with Crippen molar-refractivity contribution >= 4 is 40.6 Å². The largest absolute Gasteiger partial charge is 0.292 e. The molecule has 7 heteroatoms. The predicted octanol–water partition coefficient (Wildman–Crippen LogP) is 3.12. The molecule has 0 fully saturated rings. The van der Waals surface area contributed by atoms with Crippen LogP contribution in [-0.2, 0) is 6.54 Å². The molecule has 0 radical (unpaired) electrons. The summed E-state index contributed by atoms with van der Waals surface area (Å²) in [5.41, 5.74) is 0.316. The average Bonchev–Trinajstić information content (AvgIpc) is 2.78. The van der Waals surface area contributed by atoms with Crippen molar-refractivity contribution in [1.29, 1.82) is 0 Å². The Morgan fingerprint density at radius 3 is 2.65 bits per heavy atom. The van der Waals surface area contributed by atoms with E-state index in [9.17, 15) is 4.79 Å². The van der Waals surface area contributed by atoms with Gasteiger partial charge in [-0.15, -0.1) is 0 Å². The van der Waals surface area contributed by atoms with Crippen LogP contribution in [0.2, 0.25) is 15.1 Å². The molecule has 4 nitrogen and oxygen atoms in total. The second-order valence-corrected chi connectivity index (χ2v) is 4.40. The lowest BCUT2D eigenvalue weighted by Gasteiger charge is -2.06. The predicted molar refractivity (Wildman–Crippen MR) is 65.8 cm³/mol. The molecule has 88 valence electrons. The highest BCUT2D eigenvalue weighted by molar-refractivity contribution is 6.49. The number of rotatable bonds is 3. The van der Waals surface area contributed by atoms with Crippen molar-refractivity contribution in [2.24, 2.45) is 0 Å². The van der Waals surface area contributed by atoms with E-state index in [0.29, 0.717) is 10.6 Å². The number of nitrogens with zero attached hydrogens (tertiary/aromatic N) is 3. The number of Topliss-reactive ketones (excluding diaryl/α,β-unsaturated/α-hetero) is 1. The van der Waals surface area contributed by atoms with Crippen LogP contribution in [0.15, 0.2) is 24.8 Å². The van der Waals surface area contributed by atoms with Crippen LogP contribution in [0.1, 0.15) is 10.4 Å². The minimum atomic E-state index is -0.209. The van der Waals surface area contributed by atoms with Gasteiger partial charge in [0.15, 0.2) is 5.78 Å². The molecule has 0 spiro atoms. The third-order valence-corrected chi connectivity index (χ3v) is 3.40. The SMILES string of the molecule is O=C(Cn1cncn1)c1ccc(Cl)c(Cl)c1Cl. The molecule has 0 bridgehead atoms. The number of aromatic nitrogens is 3. The number of carbonyl (C=O) groups excluding carboxylic acids is 1. The van der Waals surface area contributed by atoms with Crippen LogP contribution < -0.4 is 0 Å². The van der Waals surface area contributed by atoms with Crippen LogP contribution in [0, 0.1) is 0 Å². The van der Waals surface area contributed by atoms with Crippen molar-refractivity contribution in [1.82, 2.24) is 14.8 Å². The lowest BCUT2D eigenvalue weighted by atomic mass is 10.1. The monoisotopic (exact) mass is 289 g/mol. The summed E-state index contributed by atoms with van der Waals surface area (Å²) in [4.78, 5) is 15.7. The van der Waals surface area contributed by atoms with Gasteiger partial charge in [-0.3, -0.25) is 4.79 Å². The number of ketones is 1. The lowest BCUT2D eigenvalue weighted by molar-refractivity contribution is 0.0967. The second-order valence-electron chi connectivity index (χ2n) is 3.24. The fraction of sp³-hybridized carbons (Fsp3) is 0.100. The molecule has 0 saturated heterocycles. The molecular formula is C10H6Cl3N3O. The molecule has 1 aromatic carbocycles. The minimum Gasteiger partial charge on any atom is -0.292 e.